The fourth-order valence-corrected chi connectivity index (χ4v) is 3.66. The Kier molecular flexibility index (Phi) is 6.68. The van der Waals surface area contributed by atoms with Gasteiger partial charge in [-0.15, -0.1) is 0 Å². The molecule has 0 saturated carbocycles. The number of nitro groups is 1. The fraction of sp³-hybridized carbons (Fsp3) is 0.154. The molecule has 0 radical (unpaired) electrons. The van der Waals surface area contributed by atoms with Crippen LogP contribution in [0.4, 0.5) is 5.69 Å². The molecule has 0 unspecified atom stereocenters. The lowest BCUT2D eigenvalue weighted by Crippen LogP contribution is -2.23. The number of nitrogens with one attached hydrogen (secondary N) is 1. The zero-order chi connectivity index (χ0) is 24.1. The quantitative estimate of drug-likeness (QED) is 0.300. The number of rotatable bonds is 8. The topological polar surface area (TPSA) is 99.3 Å². The molecule has 8 nitrogen and oxygen atoms in total. The molecule has 4 rings (SSSR count). The van der Waals surface area contributed by atoms with Crippen molar-refractivity contribution in [2.75, 3.05) is 0 Å². The van der Waals surface area contributed by atoms with Crippen LogP contribution in [0.15, 0.2) is 78.9 Å². The summed E-state index contributed by atoms with van der Waals surface area (Å²) in [7, 11) is 0. The average molecular weight is 457 g/mol. The van der Waals surface area contributed by atoms with E-state index in [9.17, 15) is 14.9 Å². The Labute approximate surface area is 197 Å². The molecular formula is C26H24N4O4. The molecule has 0 spiro atoms. The second-order valence-electron chi connectivity index (χ2n) is 7.82. The molecule has 1 amide bonds. The van der Waals surface area contributed by atoms with E-state index in [2.05, 4.69) is 10.4 Å². The third kappa shape index (κ3) is 5.12. The number of hydrogen-bond donors (Lipinski definition) is 1. The molecule has 0 saturated heterocycles. The van der Waals surface area contributed by atoms with E-state index in [4.69, 9.17) is 4.74 Å². The zero-order valence-corrected chi connectivity index (χ0v) is 18.9. The third-order valence-corrected chi connectivity index (χ3v) is 5.51. The summed E-state index contributed by atoms with van der Waals surface area (Å²) in [6.07, 6.45) is 0. The van der Waals surface area contributed by atoms with Crippen molar-refractivity contribution in [3.05, 3.63) is 117 Å². The summed E-state index contributed by atoms with van der Waals surface area (Å²) >= 11 is 0. The van der Waals surface area contributed by atoms with Gasteiger partial charge in [-0.2, -0.15) is 5.10 Å². The Morgan fingerprint density at radius 1 is 1.03 bits per heavy atom. The van der Waals surface area contributed by atoms with Crippen LogP contribution in [0.5, 0.6) is 5.75 Å². The Hall–Kier alpha value is -4.46. The largest absolute Gasteiger partial charge is 0.489 e. The van der Waals surface area contributed by atoms with E-state index in [1.165, 1.54) is 12.1 Å². The van der Waals surface area contributed by atoms with Crippen LogP contribution in [0.25, 0.3) is 5.69 Å². The van der Waals surface area contributed by atoms with Gasteiger partial charge in [0.05, 0.1) is 16.3 Å². The highest BCUT2D eigenvalue weighted by atomic mass is 16.6. The molecule has 0 aliphatic carbocycles. The average Bonchev–Trinajstić information content (AvgIpc) is 3.15. The number of nitrogens with zero attached hydrogens (tertiary/aromatic N) is 3. The highest BCUT2D eigenvalue weighted by Gasteiger charge is 2.14. The summed E-state index contributed by atoms with van der Waals surface area (Å²) in [6, 6.07) is 22.9. The van der Waals surface area contributed by atoms with Gasteiger partial charge in [-0.1, -0.05) is 30.3 Å². The normalized spacial score (nSPS) is 10.6. The summed E-state index contributed by atoms with van der Waals surface area (Å²) < 4.78 is 7.58. The van der Waals surface area contributed by atoms with E-state index in [1.54, 1.807) is 30.3 Å². The second kappa shape index (κ2) is 9.99. The predicted molar refractivity (Wildman–Crippen MR) is 128 cm³/mol. The van der Waals surface area contributed by atoms with Crippen molar-refractivity contribution in [3.63, 3.8) is 0 Å². The maximum Gasteiger partial charge on any atom is 0.269 e. The first-order valence-corrected chi connectivity index (χ1v) is 10.8. The predicted octanol–water partition coefficient (Wildman–Crippen LogP) is 4.91. The lowest BCUT2D eigenvalue weighted by atomic mass is 10.1. The molecule has 8 heteroatoms. The minimum Gasteiger partial charge on any atom is -0.489 e. The van der Waals surface area contributed by atoms with Crippen molar-refractivity contribution in [3.8, 4) is 11.4 Å². The molecule has 1 aromatic heterocycles. The highest BCUT2D eigenvalue weighted by Crippen LogP contribution is 2.20. The van der Waals surface area contributed by atoms with Gasteiger partial charge in [-0.05, 0) is 55.8 Å². The summed E-state index contributed by atoms with van der Waals surface area (Å²) in [4.78, 5) is 23.1. The number of ether oxygens (including phenoxy) is 1. The number of nitro benzene ring substituents is 1. The van der Waals surface area contributed by atoms with Crippen molar-refractivity contribution in [1.82, 2.24) is 15.1 Å². The molecule has 172 valence electrons. The number of hydrogen-bond acceptors (Lipinski definition) is 5. The zero-order valence-electron chi connectivity index (χ0n) is 18.9. The number of para-hydroxylation sites is 1. The van der Waals surface area contributed by atoms with E-state index in [0.29, 0.717) is 17.9 Å². The van der Waals surface area contributed by atoms with Crippen molar-refractivity contribution in [2.24, 2.45) is 0 Å². The first kappa shape index (κ1) is 22.7. The molecule has 1 N–H and O–H groups in total. The number of aryl methyl sites for hydroxylation is 1. The Bertz CT molecular complexity index is 1310. The van der Waals surface area contributed by atoms with E-state index >= 15 is 0 Å². The second-order valence-corrected chi connectivity index (χ2v) is 7.82. The summed E-state index contributed by atoms with van der Waals surface area (Å²) in [6.45, 7) is 4.53. The summed E-state index contributed by atoms with van der Waals surface area (Å²) in [5.74, 6) is 0.324. The van der Waals surface area contributed by atoms with Crippen molar-refractivity contribution in [1.29, 1.82) is 0 Å². The first-order chi connectivity index (χ1) is 16.4. The molecule has 0 fully saturated rings. The molecule has 0 bridgehead atoms. The van der Waals surface area contributed by atoms with Crippen LogP contribution >= 0.6 is 0 Å². The smallest absolute Gasteiger partial charge is 0.269 e. The van der Waals surface area contributed by atoms with Crippen LogP contribution < -0.4 is 10.1 Å². The Morgan fingerprint density at radius 2 is 1.76 bits per heavy atom. The third-order valence-electron chi connectivity index (χ3n) is 5.51. The molecule has 34 heavy (non-hydrogen) atoms. The van der Waals surface area contributed by atoms with Gasteiger partial charge in [0.15, 0.2) is 0 Å². The molecule has 0 aliphatic heterocycles. The number of benzene rings is 3. The standard InChI is InChI=1S/C26H24N4O4/c1-18-25(19(2)29(28-18)22-9-4-3-5-10-22)16-27-26(31)21-8-6-7-20(15-21)17-34-24-13-11-23(12-14-24)30(32)33/h3-15H,16-17H2,1-2H3,(H,27,31). The van der Waals surface area contributed by atoms with Gasteiger partial charge in [0.2, 0.25) is 0 Å². The van der Waals surface area contributed by atoms with Crippen molar-refractivity contribution in [2.45, 2.75) is 27.0 Å². The molecule has 4 aromatic rings. The van der Waals surface area contributed by atoms with Gasteiger partial charge in [-0.25, -0.2) is 4.68 Å². The van der Waals surface area contributed by atoms with Gasteiger partial charge in [0, 0.05) is 35.5 Å². The van der Waals surface area contributed by atoms with E-state index in [0.717, 1.165) is 28.2 Å². The Morgan fingerprint density at radius 3 is 2.47 bits per heavy atom. The number of aromatic nitrogens is 2. The van der Waals surface area contributed by atoms with Gasteiger partial charge >= 0.3 is 0 Å². The van der Waals surface area contributed by atoms with Gasteiger partial charge < -0.3 is 10.1 Å². The molecule has 0 aliphatic rings. The van der Waals surface area contributed by atoms with Gasteiger partial charge in [-0.3, -0.25) is 14.9 Å². The van der Waals surface area contributed by atoms with Gasteiger partial charge in [0.25, 0.3) is 11.6 Å². The maximum absolute atomic E-state index is 12.8. The monoisotopic (exact) mass is 456 g/mol. The van der Waals surface area contributed by atoms with E-state index in [-0.39, 0.29) is 18.2 Å². The number of carbonyl (C=O) groups is 1. The van der Waals surface area contributed by atoms with Crippen LogP contribution in [0.3, 0.4) is 0 Å². The van der Waals surface area contributed by atoms with Crippen LogP contribution in [0.2, 0.25) is 0 Å². The van der Waals surface area contributed by atoms with Crippen LogP contribution in [-0.2, 0) is 13.2 Å². The minimum absolute atomic E-state index is 0.00537. The van der Waals surface area contributed by atoms with E-state index in [1.807, 2.05) is 54.9 Å². The summed E-state index contributed by atoms with van der Waals surface area (Å²) in [5, 5.41) is 18.4. The van der Waals surface area contributed by atoms with Gasteiger partial charge in [0.1, 0.15) is 12.4 Å². The number of carbonyl (C=O) groups excluding carboxylic acids is 1. The molecule has 3 aromatic carbocycles. The van der Waals surface area contributed by atoms with Crippen LogP contribution in [-0.4, -0.2) is 20.6 Å². The van der Waals surface area contributed by atoms with E-state index < -0.39 is 4.92 Å². The number of amides is 1. The van der Waals surface area contributed by atoms with Crippen LogP contribution in [0, 0.1) is 24.0 Å². The molecular weight excluding hydrogens is 432 g/mol. The lowest BCUT2D eigenvalue weighted by molar-refractivity contribution is -0.384. The fourth-order valence-electron chi connectivity index (χ4n) is 3.66. The molecule has 1 heterocycles. The lowest BCUT2D eigenvalue weighted by Gasteiger charge is -2.09. The number of non-ortho nitro benzene ring substituents is 1. The molecule has 0 atom stereocenters. The first-order valence-electron chi connectivity index (χ1n) is 10.8. The minimum atomic E-state index is -0.457. The SMILES string of the molecule is Cc1nn(-c2ccccc2)c(C)c1CNC(=O)c1cccc(COc2ccc([N+](=O)[O-])cc2)c1. The van der Waals surface area contributed by atoms with Crippen LogP contribution in [0.1, 0.15) is 32.9 Å². The summed E-state index contributed by atoms with van der Waals surface area (Å²) in [5.41, 5.74) is 5.15. The Balaban J connectivity index is 1.39. The highest BCUT2D eigenvalue weighted by molar-refractivity contribution is 5.94. The van der Waals surface area contributed by atoms with Crippen molar-refractivity contribution < 1.29 is 14.5 Å². The van der Waals surface area contributed by atoms with Crippen molar-refractivity contribution >= 4 is 11.6 Å². The maximum atomic E-state index is 12.8.